The SMILES string of the molecule is COc1ccc2c(c1)C(=O)N(C1CC1)[C@@H](c1csc([N+](=O)[O-])c1)N2. The highest BCUT2D eigenvalue weighted by molar-refractivity contribution is 7.13. The number of nitrogens with zero attached hydrogens (tertiary/aromatic N) is 2. The van der Waals surface area contributed by atoms with Gasteiger partial charge < -0.3 is 15.0 Å². The van der Waals surface area contributed by atoms with Gasteiger partial charge in [0.15, 0.2) is 0 Å². The third kappa shape index (κ3) is 2.39. The molecule has 1 aromatic carbocycles. The molecule has 0 spiro atoms. The third-order valence-corrected chi connectivity index (χ3v) is 5.20. The summed E-state index contributed by atoms with van der Waals surface area (Å²) < 4.78 is 5.21. The number of hydrogen-bond donors (Lipinski definition) is 1. The molecule has 0 unspecified atom stereocenters. The monoisotopic (exact) mass is 345 g/mol. The standard InChI is InChI=1S/C16H15N3O4S/c1-23-11-4-5-13-12(7-11)16(20)18(10-2-3-10)15(17-13)9-6-14(19(21)22)24-8-9/h4-8,10,15,17H,2-3H2,1H3/t15-/m0/s1. The van der Waals surface area contributed by atoms with E-state index >= 15 is 0 Å². The predicted molar refractivity (Wildman–Crippen MR) is 89.5 cm³/mol. The molecule has 2 aromatic rings. The van der Waals surface area contributed by atoms with E-state index in [9.17, 15) is 14.9 Å². The lowest BCUT2D eigenvalue weighted by molar-refractivity contribution is -0.380. The van der Waals surface area contributed by atoms with E-state index in [2.05, 4.69) is 5.32 Å². The minimum Gasteiger partial charge on any atom is -0.497 e. The Morgan fingerprint density at radius 1 is 1.38 bits per heavy atom. The molecular weight excluding hydrogens is 330 g/mol. The lowest BCUT2D eigenvalue weighted by Crippen LogP contribution is -2.44. The van der Waals surface area contributed by atoms with Gasteiger partial charge in [-0.25, -0.2) is 0 Å². The molecule has 1 aromatic heterocycles. The highest BCUT2D eigenvalue weighted by atomic mass is 32.1. The van der Waals surface area contributed by atoms with E-state index in [1.165, 1.54) is 0 Å². The first-order valence-corrected chi connectivity index (χ1v) is 8.46. The average molecular weight is 345 g/mol. The molecule has 2 heterocycles. The maximum atomic E-state index is 13.0. The number of nitrogens with one attached hydrogen (secondary N) is 1. The fourth-order valence-electron chi connectivity index (χ4n) is 2.98. The molecule has 8 heteroatoms. The Kier molecular flexibility index (Phi) is 3.42. The van der Waals surface area contributed by atoms with Crippen molar-refractivity contribution in [1.29, 1.82) is 0 Å². The van der Waals surface area contributed by atoms with Crippen LogP contribution in [0.15, 0.2) is 29.6 Å². The summed E-state index contributed by atoms with van der Waals surface area (Å²) in [4.78, 5) is 25.3. The van der Waals surface area contributed by atoms with Gasteiger partial charge in [0, 0.05) is 28.7 Å². The lowest BCUT2D eigenvalue weighted by Gasteiger charge is -2.38. The van der Waals surface area contributed by atoms with E-state index in [4.69, 9.17) is 4.74 Å². The van der Waals surface area contributed by atoms with Gasteiger partial charge in [-0.1, -0.05) is 11.3 Å². The summed E-state index contributed by atoms with van der Waals surface area (Å²) in [7, 11) is 1.56. The first-order chi connectivity index (χ1) is 11.6. The summed E-state index contributed by atoms with van der Waals surface area (Å²) in [6.07, 6.45) is 1.53. The smallest absolute Gasteiger partial charge is 0.324 e. The summed E-state index contributed by atoms with van der Waals surface area (Å²) in [6.45, 7) is 0. The molecule has 1 saturated carbocycles. The highest BCUT2D eigenvalue weighted by Gasteiger charge is 2.42. The van der Waals surface area contributed by atoms with Crippen LogP contribution in [-0.2, 0) is 0 Å². The molecule has 1 aliphatic carbocycles. The summed E-state index contributed by atoms with van der Waals surface area (Å²) in [5.74, 6) is 0.563. The van der Waals surface area contributed by atoms with Crippen LogP contribution in [-0.4, -0.2) is 28.9 Å². The van der Waals surface area contributed by atoms with Crippen molar-refractivity contribution in [3.05, 3.63) is 50.9 Å². The molecule has 0 saturated heterocycles. The van der Waals surface area contributed by atoms with E-state index in [0.29, 0.717) is 11.3 Å². The molecule has 2 aliphatic rings. The molecule has 4 rings (SSSR count). The van der Waals surface area contributed by atoms with Gasteiger partial charge >= 0.3 is 5.00 Å². The molecule has 24 heavy (non-hydrogen) atoms. The van der Waals surface area contributed by atoms with Crippen molar-refractivity contribution in [2.45, 2.75) is 25.0 Å². The molecule has 1 aliphatic heterocycles. The molecule has 1 amide bonds. The van der Waals surface area contributed by atoms with Gasteiger partial charge in [-0.15, -0.1) is 0 Å². The fourth-order valence-corrected chi connectivity index (χ4v) is 3.72. The zero-order chi connectivity index (χ0) is 16.8. The lowest BCUT2D eigenvalue weighted by atomic mass is 10.0. The molecule has 7 nitrogen and oxygen atoms in total. The molecule has 1 N–H and O–H groups in total. The summed E-state index contributed by atoms with van der Waals surface area (Å²) in [5, 5.41) is 16.1. The van der Waals surface area contributed by atoms with Gasteiger partial charge in [0.2, 0.25) is 0 Å². The Morgan fingerprint density at radius 2 is 2.17 bits per heavy atom. The van der Waals surface area contributed by atoms with E-state index in [0.717, 1.165) is 35.4 Å². The van der Waals surface area contributed by atoms with Crippen molar-refractivity contribution in [2.75, 3.05) is 12.4 Å². The molecule has 1 fully saturated rings. The number of carbonyl (C=O) groups is 1. The number of carbonyl (C=O) groups excluding carboxylic acids is 1. The first kappa shape index (κ1) is 14.9. The number of benzene rings is 1. The Hall–Kier alpha value is -2.61. The molecule has 0 radical (unpaired) electrons. The van der Waals surface area contributed by atoms with Gasteiger partial charge in [0.1, 0.15) is 11.9 Å². The number of amides is 1. The Balaban J connectivity index is 1.75. The maximum Gasteiger partial charge on any atom is 0.324 e. The number of hydrogen-bond acceptors (Lipinski definition) is 6. The van der Waals surface area contributed by atoms with Crippen molar-refractivity contribution >= 4 is 27.9 Å². The second-order valence-corrected chi connectivity index (χ2v) is 6.77. The second-order valence-electron chi connectivity index (χ2n) is 5.88. The first-order valence-electron chi connectivity index (χ1n) is 7.58. The number of thiophene rings is 1. The van der Waals surface area contributed by atoms with Gasteiger partial charge in [0.05, 0.1) is 17.6 Å². The normalized spacial score (nSPS) is 19.6. The highest BCUT2D eigenvalue weighted by Crippen LogP contribution is 2.43. The van der Waals surface area contributed by atoms with Gasteiger partial charge in [-0.2, -0.15) is 0 Å². The summed E-state index contributed by atoms with van der Waals surface area (Å²) in [5.41, 5.74) is 2.03. The van der Waals surface area contributed by atoms with Crippen LogP contribution in [0.4, 0.5) is 10.7 Å². The minimum absolute atomic E-state index is 0.0657. The van der Waals surface area contributed by atoms with E-state index in [1.54, 1.807) is 35.6 Å². The zero-order valence-corrected chi connectivity index (χ0v) is 13.7. The number of nitro groups is 1. The Morgan fingerprint density at radius 3 is 2.79 bits per heavy atom. The average Bonchev–Trinajstić information content (AvgIpc) is 3.29. The second kappa shape index (κ2) is 5.48. The number of rotatable bonds is 4. The van der Waals surface area contributed by atoms with Crippen molar-refractivity contribution < 1.29 is 14.5 Å². The van der Waals surface area contributed by atoms with Gasteiger partial charge in [-0.3, -0.25) is 14.9 Å². The third-order valence-electron chi connectivity index (χ3n) is 4.30. The predicted octanol–water partition coefficient (Wildman–Crippen LogP) is 3.39. The topological polar surface area (TPSA) is 84.7 Å². The number of anilines is 1. The minimum atomic E-state index is -0.404. The maximum absolute atomic E-state index is 13.0. The Bertz CT molecular complexity index is 830. The van der Waals surface area contributed by atoms with Crippen LogP contribution in [0.25, 0.3) is 0 Å². The van der Waals surface area contributed by atoms with Gasteiger partial charge in [-0.05, 0) is 31.0 Å². The van der Waals surface area contributed by atoms with E-state index < -0.39 is 4.92 Å². The van der Waals surface area contributed by atoms with Crippen molar-refractivity contribution in [1.82, 2.24) is 4.90 Å². The number of fused-ring (bicyclic) bond motifs is 1. The van der Waals surface area contributed by atoms with Crippen LogP contribution in [0, 0.1) is 10.1 Å². The molecule has 124 valence electrons. The number of ether oxygens (including phenoxy) is 1. The quantitative estimate of drug-likeness (QED) is 0.678. The van der Waals surface area contributed by atoms with Crippen LogP contribution in [0.5, 0.6) is 5.75 Å². The van der Waals surface area contributed by atoms with E-state index in [-0.39, 0.29) is 23.1 Å². The molecular formula is C16H15N3O4S. The van der Waals surface area contributed by atoms with Crippen LogP contribution in [0.2, 0.25) is 0 Å². The van der Waals surface area contributed by atoms with Crippen LogP contribution in [0.3, 0.4) is 0 Å². The molecule has 0 bridgehead atoms. The largest absolute Gasteiger partial charge is 0.497 e. The van der Waals surface area contributed by atoms with Crippen molar-refractivity contribution in [3.8, 4) is 5.75 Å². The molecule has 1 atom stereocenters. The van der Waals surface area contributed by atoms with Crippen molar-refractivity contribution in [3.63, 3.8) is 0 Å². The zero-order valence-electron chi connectivity index (χ0n) is 12.9. The van der Waals surface area contributed by atoms with Crippen LogP contribution in [0.1, 0.15) is 34.9 Å². The summed E-state index contributed by atoms with van der Waals surface area (Å²) >= 11 is 1.08. The van der Waals surface area contributed by atoms with Crippen LogP contribution >= 0.6 is 11.3 Å². The summed E-state index contributed by atoms with van der Waals surface area (Å²) in [6, 6.07) is 7.04. The van der Waals surface area contributed by atoms with Gasteiger partial charge in [0.25, 0.3) is 5.91 Å². The number of methoxy groups -OCH3 is 1. The van der Waals surface area contributed by atoms with E-state index in [1.807, 2.05) is 6.07 Å². The van der Waals surface area contributed by atoms with Crippen molar-refractivity contribution in [2.24, 2.45) is 0 Å². The van der Waals surface area contributed by atoms with Crippen LogP contribution < -0.4 is 10.1 Å². The Labute approximate surface area is 142 Å². The fraction of sp³-hybridized carbons (Fsp3) is 0.312.